The van der Waals surface area contributed by atoms with E-state index in [4.69, 9.17) is 16.3 Å². The maximum Gasteiger partial charge on any atom is 0.137 e. The first kappa shape index (κ1) is 42.3. The molecule has 3 aromatic rings. The fourth-order valence-corrected chi connectivity index (χ4v) is 5.67. The lowest BCUT2D eigenvalue weighted by atomic mass is 9.78. The van der Waals surface area contributed by atoms with Crippen LogP contribution in [0.5, 0.6) is 5.75 Å². The highest BCUT2D eigenvalue weighted by atomic mass is 35.5. The first-order valence-electron chi connectivity index (χ1n) is 15.1. The van der Waals surface area contributed by atoms with Crippen molar-refractivity contribution in [1.29, 1.82) is 0 Å². The molecule has 3 rings (SSSR count). The Morgan fingerprint density at radius 1 is 1.04 bits per heavy atom. The van der Waals surface area contributed by atoms with Crippen molar-refractivity contribution in [3.8, 4) is 5.75 Å². The lowest BCUT2D eigenvalue weighted by molar-refractivity contribution is -0.870. The molecule has 3 aromatic carbocycles. The van der Waals surface area contributed by atoms with Gasteiger partial charge in [-0.15, -0.1) is 11.8 Å². The third-order valence-electron chi connectivity index (χ3n) is 7.24. The summed E-state index contributed by atoms with van der Waals surface area (Å²) in [7, 11) is 5.52. The van der Waals surface area contributed by atoms with Crippen molar-refractivity contribution in [3.63, 3.8) is 0 Å². The molecule has 260 valence electrons. The Hall–Kier alpha value is -2.72. The fraction of sp³-hybridized carbons (Fsp3) is 0.405. The average Bonchev–Trinajstić information content (AvgIpc) is 2.96. The topological polar surface area (TPSA) is 38.7 Å². The molecule has 1 atom stereocenters. The van der Waals surface area contributed by atoms with Gasteiger partial charge in [0.2, 0.25) is 0 Å². The lowest BCUT2D eigenvalue weighted by Crippen LogP contribution is -2.34. The van der Waals surface area contributed by atoms with Crippen molar-refractivity contribution < 1.29 is 26.6 Å². The van der Waals surface area contributed by atoms with E-state index in [1.165, 1.54) is 43.1 Å². The second-order valence-corrected chi connectivity index (χ2v) is 17.0. The molecule has 0 aromatic heterocycles. The van der Waals surface area contributed by atoms with E-state index < -0.39 is 21.2 Å². The van der Waals surface area contributed by atoms with Crippen molar-refractivity contribution in [3.05, 3.63) is 106 Å². The first-order valence-corrected chi connectivity index (χ1v) is 18.6. The van der Waals surface area contributed by atoms with Gasteiger partial charge in [-0.3, -0.25) is 9.20 Å². The van der Waals surface area contributed by atoms with Crippen LogP contribution in [0.4, 0.5) is 13.2 Å². The molecule has 47 heavy (non-hydrogen) atoms. The summed E-state index contributed by atoms with van der Waals surface area (Å²) in [5.74, 6) is 2.51. The summed E-state index contributed by atoms with van der Waals surface area (Å²) in [6.45, 7) is 13.3. The second-order valence-electron chi connectivity index (χ2n) is 12.9. The first-order chi connectivity index (χ1) is 21.6. The van der Waals surface area contributed by atoms with Crippen molar-refractivity contribution in [2.24, 2.45) is 4.99 Å². The van der Waals surface area contributed by atoms with Crippen LogP contribution in [-0.4, -0.2) is 60.7 Å². The number of hydrogen-bond donors (Lipinski definition) is 0. The highest BCUT2D eigenvalue weighted by Gasteiger charge is 2.24. The van der Waals surface area contributed by atoms with Crippen LogP contribution in [0.1, 0.15) is 57.7 Å². The van der Waals surface area contributed by atoms with E-state index in [2.05, 4.69) is 52.8 Å². The number of thioether (sulfide) groups is 1. The minimum Gasteiger partial charge on any atom is -0.495 e. The SMILES string of the molecule is C=S(C)(=O)c1cc(F)c(CSC(C)=N/C=C(\C)C(C)(C)c2ccc(Cl)c(OC)c2)c(F)c1.CCC[N+](C)(C)C.Cc1ccc(F)cc1. The van der Waals surface area contributed by atoms with E-state index >= 15 is 0 Å². The summed E-state index contributed by atoms with van der Waals surface area (Å²) in [6, 6.07) is 14.2. The number of benzene rings is 3. The van der Waals surface area contributed by atoms with Crippen LogP contribution in [0.15, 0.2) is 76.3 Å². The normalized spacial score (nSPS) is 13.5. The molecular weight excluding hydrogens is 661 g/mol. The van der Waals surface area contributed by atoms with Gasteiger partial charge >= 0.3 is 0 Å². The molecule has 0 aliphatic rings. The van der Waals surface area contributed by atoms with Crippen LogP contribution >= 0.6 is 23.4 Å². The Morgan fingerprint density at radius 3 is 2.02 bits per heavy atom. The molecule has 0 radical (unpaired) electrons. The van der Waals surface area contributed by atoms with Gasteiger partial charge in [0.25, 0.3) is 0 Å². The van der Waals surface area contributed by atoms with E-state index in [9.17, 15) is 17.4 Å². The Balaban J connectivity index is 0.000000600. The number of aryl methyl sites for hydroxylation is 1. The molecule has 0 heterocycles. The molecule has 0 amide bonds. The summed E-state index contributed by atoms with van der Waals surface area (Å²) in [5, 5.41) is 1.20. The molecule has 0 N–H and O–H groups in total. The molecule has 0 aliphatic carbocycles. The van der Waals surface area contributed by atoms with Crippen molar-refractivity contribution in [1.82, 2.24) is 0 Å². The maximum absolute atomic E-state index is 14.4. The van der Waals surface area contributed by atoms with E-state index in [0.29, 0.717) is 15.8 Å². The highest BCUT2D eigenvalue weighted by molar-refractivity contribution is 8.13. The molecule has 0 aliphatic heterocycles. The van der Waals surface area contributed by atoms with Crippen LogP contribution in [0.25, 0.3) is 0 Å². The highest BCUT2D eigenvalue weighted by Crippen LogP contribution is 2.36. The van der Waals surface area contributed by atoms with Crippen LogP contribution in [0.2, 0.25) is 5.02 Å². The molecule has 0 bridgehead atoms. The minimum absolute atomic E-state index is 0.0614. The van der Waals surface area contributed by atoms with Crippen LogP contribution in [0.3, 0.4) is 0 Å². The lowest BCUT2D eigenvalue weighted by Gasteiger charge is -2.27. The van der Waals surface area contributed by atoms with Gasteiger partial charge in [0.05, 0.1) is 44.9 Å². The summed E-state index contributed by atoms with van der Waals surface area (Å²) < 4.78 is 59.2. The monoisotopic (exact) mass is 711 g/mol. The number of methoxy groups -OCH3 is 1. The number of allylic oxidation sites excluding steroid dienone is 1. The van der Waals surface area contributed by atoms with E-state index in [-0.39, 0.29) is 27.4 Å². The number of hydrogen-bond acceptors (Lipinski definition) is 4. The van der Waals surface area contributed by atoms with E-state index in [1.807, 2.05) is 26.0 Å². The van der Waals surface area contributed by atoms with Crippen LogP contribution in [0, 0.1) is 24.4 Å². The zero-order valence-corrected chi connectivity index (χ0v) is 32.0. The van der Waals surface area contributed by atoms with Gasteiger partial charge in [0.15, 0.2) is 0 Å². The van der Waals surface area contributed by atoms with Gasteiger partial charge in [-0.05, 0) is 90.1 Å². The van der Waals surface area contributed by atoms with E-state index in [1.54, 1.807) is 38.4 Å². The zero-order chi connectivity index (χ0) is 36.2. The number of nitrogens with zero attached hydrogens (tertiary/aromatic N) is 2. The molecular formula is C37H51ClF3N2O2S2+. The number of halogens is 4. The predicted octanol–water partition coefficient (Wildman–Crippen LogP) is 10.1. The fourth-order valence-electron chi connectivity index (χ4n) is 4.01. The molecule has 0 fully saturated rings. The molecule has 0 saturated heterocycles. The summed E-state index contributed by atoms with van der Waals surface area (Å²) in [4.78, 5) is 4.53. The third-order valence-corrected chi connectivity index (χ3v) is 9.74. The van der Waals surface area contributed by atoms with Crippen molar-refractivity contribution in [2.45, 2.75) is 64.0 Å². The molecule has 0 spiro atoms. The van der Waals surface area contributed by atoms with Gasteiger partial charge < -0.3 is 9.22 Å². The molecule has 10 heteroatoms. The van der Waals surface area contributed by atoms with Crippen molar-refractivity contribution in [2.75, 3.05) is 41.1 Å². The molecule has 4 nitrogen and oxygen atoms in total. The third kappa shape index (κ3) is 14.9. The predicted molar refractivity (Wildman–Crippen MR) is 199 cm³/mol. The summed E-state index contributed by atoms with van der Waals surface area (Å²) >= 11 is 7.36. The molecule has 0 saturated carbocycles. The second kappa shape index (κ2) is 18.7. The number of rotatable bonds is 9. The number of ether oxygens (including phenoxy) is 1. The summed E-state index contributed by atoms with van der Waals surface area (Å²) in [5.41, 5.74) is 2.70. The quantitative estimate of drug-likeness (QED) is 0.0960. The van der Waals surface area contributed by atoms with Crippen LogP contribution < -0.4 is 4.74 Å². The maximum atomic E-state index is 14.4. The minimum atomic E-state index is -2.69. The van der Waals surface area contributed by atoms with Crippen molar-refractivity contribution >= 4 is 43.8 Å². The Bertz CT molecular complexity index is 1590. The smallest absolute Gasteiger partial charge is 0.137 e. The standard InChI is InChI=1S/C24H28ClF2NO2S2.C7H7F.C6H16N/c1-15(24(3,4)17-8-9-20(25)23(10-17)30-5)13-28-16(2)31-14-19-21(26)11-18(12-22(19)27)32(6,7)29;1-6-2-4-7(8)5-3-6;1-5-6-7(2,3)4/h8-13H,6,14H2,1-5,7H3;2-5H,1H3;5-6H2,1-4H3/q;;+1/b15-13+,28-16?;;. The Morgan fingerprint density at radius 2 is 1.60 bits per heavy atom. The average molecular weight is 712 g/mol. The number of aliphatic imine (C=N–C) groups is 1. The molecule has 1 unspecified atom stereocenters. The van der Waals surface area contributed by atoms with Gasteiger partial charge in [-0.2, -0.15) is 0 Å². The summed E-state index contributed by atoms with van der Waals surface area (Å²) in [6.07, 6.45) is 4.39. The van der Waals surface area contributed by atoms with Gasteiger partial charge in [0.1, 0.15) is 23.2 Å². The zero-order valence-electron chi connectivity index (χ0n) is 29.6. The van der Waals surface area contributed by atoms with E-state index in [0.717, 1.165) is 33.3 Å². The van der Waals surface area contributed by atoms with Gasteiger partial charge in [-0.25, -0.2) is 13.2 Å². The largest absolute Gasteiger partial charge is 0.495 e. The number of quaternary nitrogens is 1. The van der Waals surface area contributed by atoms with Gasteiger partial charge in [-0.1, -0.05) is 56.1 Å². The Kier molecular flexibility index (Phi) is 16.9. The van der Waals surface area contributed by atoms with Crippen LogP contribution in [-0.2, 0) is 20.7 Å². The van der Waals surface area contributed by atoms with Gasteiger partial charge in [0, 0.05) is 34.1 Å². The Labute approximate surface area is 290 Å².